The number of carbonyl (C=O) groups is 2. The van der Waals surface area contributed by atoms with Crippen LogP contribution in [0.5, 0.6) is 5.75 Å². The summed E-state index contributed by atoms with van der Waals surface area (Å²) in [6.45, 7) is 1.83. The molecule has 1 aromatic rings. The van der Waals surface area contributed by atoms with Crippen LogP contribution in [0.1, 0.15) is 18.4 Å². The second kappa shape index (κ2) is 5.92. The Balaban J connectivity index is 2.19. The predicted molar refractivity (Wildman–Crippen MR) is 76.2 cm³/mol. The summed E-state index contributed by atoms with van der Waals surface area (Å²) in [5, 5.41) is 7.01. The van der Waals surface area contributed by atoms with Gasteiger partial charge in [-0.25, -0.2) is 5.43 Å². The Labute approximate surface area is 121 Å². The third-order valence-electron chi connectivity index (χ3n) is 2.90. The van der Waals surface area contributed by atoms with E-state index in [1.807, 2.05) is 6.92 Å². The van der Waals surface area contributed by atoms with Crippen molar-refractivity contribution in [3.63, 3.8) is 0 Å². The average molecular weight is 296 g/mol. The monoisotopic (exact) mass is 295 g/mol. The molecule has 2 rings (SSSR count). The number of hydrazone groups is 1. The lowest BCUT2D eigenvalue weighted by Gasteiger charge is -2.14. The molecule has 2 amide bonds. The number of anilines is 1. The Morgan fingerprint density at radius 1 is 1.45 bits per heavy atom. The third-order valence-corrected chi connectivity index (χ3v) is 3.30. The van der Waals surface area contributed by atoms with E-state index in [1.165, 1.54) is 7.11 Å². The van der Waals surface area contributed by atoms with Crippen LogP contribution in [0.25, 0.3) is 0 Å². The van der Waals surface area contributed by atoms with Crippen LogP contribution in [-0.4, -0.2) is 24.6 Å². The van der Waals surface area contributed by atoms with Gasteiger partial charge in [0.15, 0.2) is 0 Å². The highest BCUT2D eigenvalue weighted by Gasteiger charge is 2.19. The highest BCUT2D eigenvalue weighted by Crippen LogP contribution is 2.31. The van der Waals surface area contributed by atoms with Crippen LogP contribution in [0.3, 0.4) is 0 Å². The van der Waals surface area contributed by atoms with Crippen LogP contribution in [-0.2, 0) is 9.59 Å². The zero-order chi connectivity index (χ0) is 14.7. The molecule has 0 fully saturated rings. The fraction of sp³-hybridized carbons (Fsp3) is 0.308. The van der Waals surface area contributed by atoms with Gasteiger partial charge in [-0.3, -0.25) is 9.59 Å². The number of halogens is 1. The Kier molecular flexibility index (Phi) is 4.24. The maximum Gasteiger partial charge on any atom is 0.271 e. The SMILES string of the molecule is COc1cc(Cl)c(C)cc1NC(=O)C1=NNC(=O)CC1. The van der Waals surface area contributed by atoms with Gasteiger partial charge in [-0.05, 0) is 18.6 Å². The van der Waals surface area contributed by atoms with Crippen LogP contribution >= 0.6 is 11.6 Å². The van der Waals surface area contributed by atoms with Crippen molar-refractivity contribution in [2.24, 2.45) is 5.10 Å². The minimum Gasteiger partial charge on any atom is -0.495 e. The summed E-state index contributed by atoms with van der Waals surface area (Å²) in [6, 6.07) is 3.36. The first kappa shape index (κ1) is 14.3. The molecule has 6 nitrogen and oxygen atoms in total. The van der Waals surface area contributed by atoms with E-state index in [9.17, 15) is 9.59 Å². The van der Waals surface area contributed by atoms with Crippen molar-refractivity contribution in [1.29, 1.82) is 0 Å². The summed E-state index contributed by atoms with van der Waals surface area (Å²) in [4.78, 5) is 23.0. The molecule has 7 heteroatoms. The number of methoxy groups -OCH3 is 1. The van der Waals surface area contributed by atoms with Crippen molar-refractivity contribution >= 4 is 34.8 Å². The molecule has 106 valence electrons. The second-order valence-electron chi connectivity index (χ2n) is 4.35. The minimum atomic E-state index is -0.370. The first-order valence-corrected chi connectivity index (χ1v) is 6.40. The lowest BCUT2D eigenvalue weighted by Crippen LogP contribution is -2.32. The first-order valence-electron chi connectivity index (χ1n) is 6.02. The molecule has 0 saturated carbocycles. The maximum absolute atomic E-state index is 12.1. The fourth-order valence-electron chi connectivity index (χ4n) is 1.76. The van der Waals surface area contributed by atoms with Crippen LogP contribution in [0.2, 0.25) is 5.02 Å². The van der Waals surface area contributed by atoms with E-state index in [-0.39, 0.29) is 23.9 Å². The van der Waals surface area contributed by atoms with Gasteiger partial charge >= 0.3 is 0 Å². The standard InChI is InChI=1S/C13H14ClN3O3/c1-7-5-10(11(20-2)6-8(7)14)15-13(19)9-3-4-12(18)17-16-9/h5-6H,3-4H2,1-2H3,(H,15,19)(H,17,18). The topological polar surface area (TPSA) is 79.8 Å². The van der Waals surface area contributed by atoms with E-state index >= 15 is 0 Å². The molecule has 20 heavy (non-hydrogen) atoms. The number of nitrogens with one attached hydrogen (secondary N) is 2. The Hall–Kier alpha value is -2.08. The molecule has 1 heterocycles. The molecule has 2 N–H and O–H groups in total. The molecular weight excluding hydrogens is 282 g/mol. The largest absolute Gasteiger partial charge is 0.495 e. The zero-order valence-corrected chi connectivity index (χ0v) is 11.9. The van der Waals surface area contributed by atoms with Gasteiger partial charge in [0, 0.05) is 23.9 Å². The Bertz CT molecular complexity index is 599. The van der Waals surface area contributed by atoms with E-state index in [4.69, 9.17) is 16.3 Å². The Morgan fingerprint density at radius 2 is 2.20 bits per heavy atom. The number of benzene rings is 1. The quantitative estimate of drug-likeness (QED) is 0.893. The van der Waals surface area contributed by atoms with Crippen molar-refractivity contribution in [1.82, 2.24) is 5.43 Å². The number of hydrogen-bond acceptors (Lipinski definition) is 4. The van der Waals surface area contributed by atoms with Crippen molar-refractivity contribution in [3.8, 4) is 5.75 Å². The molecule has 0 aliphatic carbocycles. The molecule has 0 radical (unpaired) electrons. The van der Waals surface area contributed by atoms with Gasteiger partial charge < -0.3 is 10.1 Å². The van der Waals surface area contributed by atoms with Gasteiger partial charge in [0.25, 0.3) is 5.91 Å². The normalized spacial score (nSPS) is 14.3. The highest BCUT2D eigenvalue weighted by molar-refractivity contribution is 6.43. The first-order chi connectivity index (χ1) is 9.51. The van der Waals surface area contributed by atoms with Crippen LogP contribution in [0, 0.1) is 6.92 Å². The molecule has 0 aromatic heterocycles. The van der Waals surface area contributed by atoms with E-state index < -0.39 is 0 Å². The lowest BCUT2D eigenvalue weighted by atomic mass is 10.1. The van der Waals surface area contributed by atoms with Gasteiger partial charge in [0.1, 0.15) is 11.5 Å². The zero-order valence-electron chi connectivity index (χ0n) is 11.1. The van der Waals surface area contributed by atoms with Gasteiger partial charge in [-0.1, -0.05) is 11.6 Å². The number of ether oxygens (including phenoxy) is 1. The average Bonchev–Trinajstić information content (AvgIpc) is 2.43. The number of aryl methyl sites for hydroxylation is 1. The summed E-state index contributed by atoms with van der Waals surface area (Å²) in [5.74, 6) is -0.0964. The van der Waals surface area contributed by atoms with Gasteiger partial charge in [-0.2, -0.15) is 5.10 Å². The highest BCUT2D eigenvalue weighted by atomic mass is 35.5. The predicted octanol–water partition coefficient (Wildman–Crippen LogP) is 1.86. The molecule has 0 bridgehead atoms. The summed E-state index contributed by atoms with van der Waals surface area (Å²) in [5.41, 5.74) is 3.89. The van der Waals surface area contributed by atoms with Gasteiger partial charge in [-0.15, -0.1) is 0 Å². The van der Waals surface area contributed by atoms with Crippen molar-refractivity contribution in [3.05, 3.63) is 22.7 Å². The molecule has 0 spiro atoms. The van der Waals surface area contributed by atoms with Crippen LogP contribution in [0.15, 0.2) is 17.2 Å². The smallest absolute Gasteiger partial charge is 0.271 e. The fourth-order valence-corrected chi connectivity index (χ4v) is 1.92. The molecular formula is C13H14ClN3O3. The Morgan fingerprint density at radius 3 is 2.80 bits per heavy atom. The van der Waals surface area contributed by atoms with E-state index in [0.717, 1.165) is 5.56 Å². The minimum absolute atomic E-state index is 0.193. The summed E-state index contributed by atoms with van der Waals surface area (Å²) < 4.78 is 5.18. The van der Waals surface area contributed by atoms with Gasteiger partial charge in [0.05, 0.1) is 12.8 Å². The summed E-state index contributed by atoms with van der Waals surface area (Å²) >= 11 is 6.00. The van der Waals surface area contributed by atoms with Gasteiger partial charge in [0.2, 0.25) is 5.91 Å². The number of carbonyl (C=O) groups excluding carboxylic acids is 2. The van der Waals surface area contributed by atoms with Crippen molar-refractivity contribution in [2.75, 3.05) is 12.4 Å². The molecule has 0 saturated heterocycles. The molecule has 0 unspecified atom stereocenters. The third kappa shape index (κ3) is 3.08. The van der Waals surface area contributed by atoms with Crippen molar-refractivity contribution < 1.29 is 14.3 Å². The van der Waals surface area contributed by atoms with E-state index in [2.05, 4.69) is 15.8 Å². The molecule has 1 aromatic carbocycles. The molecule has 0 atom stereocenters. The van der Waals surface area contributed by atoms with Crippen LogP contribution in [0.4, 0.5) is 5.69 Å². The molecule has 1 aliphatic heterocycles. The van der Waals surface area contributed by atoms with Crippen LogP contribution < -0.4 is 15.5 Å². The molecule has 1 aliphatic rings. The van der Waals surface area contributed by atoms with E-state index in [0.29, 0.717) is 22.9 Å². The number of hydrogen-bond donors (Lipinski definition) is 2. The second-order valence-corrected chi connectivity index (χ2v) is 4.76. The number of rotatable bonds is 3. The van der Waals surface area contributed by atoms with Crippen molar-refractivity contribution in [2.45, 2.75) is 19.8 Å². The summed E-state index contributed by atoms with van der Waals surface area (Å²) in [6.07, 6.45) is 0.565. The number of amides is 2. The van der Waals surface area contributed by atoms with E-state index in [1.54, 1.807) is 12.1 Å². The maximum atomic E-state index is 12.1. The lowest BCUT2D eigenvalue weighted by molar-refractivity contribution is -0.121. The number of nitrogens with zero attached hydrogens (tertiary/aromatic N) is 1. The summed E-state index contributed by atoms with van der Waals surface area (Å²) in [7, 11) is 1.50.